The Morgan fingerprint density at radius 1 is 1.16 bits per heavy atom. The Bertz CT molecular complexity index is 770. The number of benzene rings is 1. The summed E-state index contributed by atoms with van der Waals surface area (Å²) in [5.41, 5.74) is -1.13. The zero-order valence-electron chi connectivity index (χ0n) is 15.2. The molecule has 0 aliphatic heterocycles. The van der Waals surface area contributed by atoms with E-state index >= 15 is 0 Å². The minimum absolute atomic E-state index is 0.0673. The van der Waals surface area contributed by atoms with Gasteiger partial charge in [-0.25, -0.2) is 0 Å². The Kier molecular flexibility index (Phi) is 4.49. The van der Waals surface area contributed by atoms with E-state index < -0.39 is 26.1 Å². The molecule has 0 heterocycles. The van der Waals surface area contributed by atoms with Crippen LogP contribution in [-0.2, 0) is 18.5 Å². The van der Waals surface area contributed by atoms with E-state index in [0.717, 1.165) is 6.42 Å². The maximum absolute atomic E-state index is 12.8. The van der Waals surface area contributed by atoms with Gasteiger partial charge in [0.2, 0.25) is 0 Å². The van der Waals surface area contributed by atoms with E-state index in [0.29, 0.717) is 18.6 Å². The molecule has 0 radical (unpaired) electrons. The summed E-state index contributed by atoms with van der Waals surface area (Å²) in [6.45, 7) is 4.03. The number of hydrogen-bond donors (Lipinski definition) is 0. The molecule has 2 fully saturated rings. The van der Waals surface area contributed by atoms with Gasteiger partial charge in [-0.3, -0.25) is 4.79 Å². The summed E-state index contributed by atoms with van der Waals surface area (Å²) in [5.74, 6) is 0.652. The van der Waals surface area contributed by atoms with Crippen LogP contribution in [0, 0.1) is 16.7 Å². The smallest absolute Gasteiger partial charge is 0.287 e. The van der Waals surface area contributed by atoms with Crippen LogP contribution in [0.3, 0.4) is 0 Å². The fourth-order valence-electron chi connectivity index (χ4n) is 4.41. The van der Waals surface area contributed by atoms with Crippen molar-refractivity contribution >= 4 is 26.5 Å². The van der Waals surface area contributed by atoms with Crippen LogP contribution in [0.1, 0.15) is 33.1 Å². The third-order valence-corrected chi connectivity index (χ3v) is 9.45. The highest BCUT2D eigenvalue weighted by Gasteiger charge is 2.65. The highest BCUT2D eigenvalue weighted by atomic mass is 32.3. The molecule has 1 aromatic rings. The zero-order valence-corrected chi connectivity index (χ0v) is 16.8. The molecule has 7 heteroatoms. The first kappa shape index (κ1) is 18.7. The third kappa shape index (κ3) is 3.34. The Balaban J connectivity index is 1.77. The number of hydrogen-bond acceptors (Lipinski definition) is 5. The van der Waals surface area contributed by atoms with E-state index in [9.17, 15) is 13.2 Å². The van der Waals surface area contributed by atoms with Crippen LogP contribution in [0.15, 0.2) is 30.3 Å². The van der Waals surface area contributed by atoms with Crippen molar-refractivity contribution in [3.05, 3.63) is 30.3 Å². The summed E-state index contributed by atoms with van der Waals surface area (Å²) in [4.78, 5) is 12.6. The lowest BCUT2D eigenvalue weighted by molar-refractivity contribution is -0.128. The van der Waals surface area contributed by atoms with Crippen molar-refractivity contribution in [3.8, 4) is 5.75 Å². The number of fused-ring (bicyclic) bond motifs is 2. The van der Waals surface area contributed by atoms with Crippen LogP contribution in [0.25, 0.3) is 0 Å². The molecule has 2 atom stereocenters. The summed E-state index contributed by atoms with van der Waals surface area (Å²) >= 11 is 0. The average molecular weight is 387 g/mol. The van der Waals surface area contributed by atoms with Gasteiger partial charge in [-0.05, 0) is 36.3 Å². The Morgan fingerprint density at radius 2 is 1.80 bits per heavy atom. The van der Waals surface area contributed by atoms with Gasteiger partial charge in [-0.1, -0.05) is 32.0 Å². The molecule has 2 saturated carbocycles. The number of carbonyl (C=O) groups excluding carboxylic acids is 1. The lowest BCUT2D eigenvalue weighted by Crippen LogP contribution is -2.42. The Morgan fingerprint density at radius 3 is 2.32 bits per heavy atom. The molecule has 3 rings (SSSR count). The highest BCUT2D eigenvalue weighted by Crippen LogP contribution is 2.64. The predicted octanol–water partition coefficient (Wildman–Crippen LogP) is 3.70. The molecule has 5 nitrogen and oxygen atoms in total. The van der Waals surface area contributed by atoms with E-state index in [2.05, 4.69) is 0 Å². The van der Waals surface area contributed by atoms with Gasteiger partial charge in [0.1, 0.15) is 5.78 Å². The van der Waals surface area contributed by atoms with Crippen LogP contribution >= 0.6 is 10.6 Å². The molecule has 2 unspecified atom stereocenters. The van der Waals surface area contributed by atoms with Gasteiger partial charge >= 0.3 is 0 Å². The van der Waals surface area contributed by atoms with Gasteiger partial charge in [-0.2, -0.15) is 12.0 Å². The summed E-state index contributed by atoms with van der Waals surface area (Å²) < 4.78 is 36.8. The molecule has 0 amide bonds. The minimum Gasteiger partial charge on any atom is -0.391 e. The predicted molar refractivity (Wildman–Crippen MR) is 99.9 cm³/mol. The molecule has 25 heavy (non-hydrogen) atoms. The van der Waals surface area contributed by atoms with Gasteiger partial charge in [-0.15, -0.1) is 10.6 Å². The number of Topliss-reactive ketones (excluding diaryl/α,β-unsaturated/α-hetero) is 1. The van der Waals surface area contributed by atoms with Gasteiger partial charge in [0, 0.05) is 18.9 Å². The summed E-state index contributed by atoms with van der Waals surface area (Å²) in [5, 5.41) is 0. The van der Waals surface area contributed by atoms with Crippen LogP contribution in [0.5, 0.6) is 5.75 Å². The second kappa shape index (κ2) is 5.99. The van der Waals surface area contributed by atoms with Crippen LogP contribution < -0.4 is 4.18 Å². The Labute approximate surface area is 151 Å². The molecule has 0 N–H and O–H groups in total. The van der Waals surface area contributed by atoms with Crippen molar-refractivity contribution in [2.75, 3.05) is 18.3 Å². The number of carbonyl (C=O) groups is 1. The van der Waals surface area contributed by atoms with E-state index in [1.165, 1.54) is 0 Å². The fraction of sp³-hybridized carbons (Fsp3) is 0.611. The van der Waals surface area contributed by atoms with E-state index in [-0.39, 0.29) is 22.9 Å². The number of para-hydroxylation sites is 1. The maximum Gasteiger partial charge on any atom is 0.287 e. The molecule has 0 spiro atoms. The standard InChI is InChI=1S/C18H26O5S2/c1-17(2)14-10-11-18(17,16(19)12-14)13-25(20,21)23-24(3,4)22-15-8-6-5-7-9-15/h5-9,14H,10-13H2,1-4H3. The molecule has 140 valence electrons. The van der Waals surface area contributed by atoms with Crippen molar-refractivity contribution in [1.29, 1.82) is 0 Å². The van der Waals surface area contributed by atoms with Gasteiger partial charge in [0.05, 0.1) is 11.2 Å². The lowest BCUT2D eigenvalue weighted by atomic mass is 9.70. The second-order valence-corrected chi connectivity index (χ2v) is 12.4. The first-order valence-electron chi connectivity index (χ1n) is 8.42. The summed E-state index contributed by atoms with van der Waals surface area (Å²) in [7, 11) is -6.21. The first-order valence-corrected chi connectivity index (χ1v) is 12.3. The van der Waals surface area contributed by atoms with Crippen LogP contribution in [-0.4, -0.2) is 32.5 Å². The quantitative estimate of drug-likeness (QED) is 0.745. The van der Waals surface area contributed by atoms with Gasteiger partial charge in [0.25, 0.3) is 10.1 Å². The molecule has 2 aliphatic rings. The third-order valence-electron chi connectivity index (χ3n) is 5.87. The molecule has 1 aromatic carbocycles. The molecular formula is C18H26O5S2. The second-order valence-electron chi connectivity index (χ2n) is 7.98. The minimum atomic E-state index is -3.90. The topological polar surface area (TPSA) is 69.7 Å². The monoisotopic (exact) mass is 386 g/mol. The molecular weight excluding hydrogens is 360 g/mol. The first-order chi connectivity index (χ1) is 11.5. The number of ketones is 1. The molecule has 0 aromatic heterocycles. The summed E-state index contributed by atoms with van der Waals surface area (Å²) in [6, 6.07) is 9.01. The highest BCUT2D eigenvalue weighted by molar-refractivity contribution is 8.28. The molecule has 2 aliphatic carbocycles. The molecule has 2 bridgehead atoms. The van der Waals surface area contributed by atoms with Crippen molar-refractivity contribution < 1.29 is 21.0 Å². The lowest BCUT2D eigenvalue weighted by Gasteiger charge is -2.39. The van der Waals surface area contributed by atoms with Gasteiger partial charge in [0.15, 0.2) is 5.75 Å². The van der Waals surface area contributed by atoms with Crippen molar-refractivity contribution in [2.24, 2.45) is 16.7 Å². The van der Waals surface area contributed by atoms with Crippen LogP contribution in [0.4, 0.5) is 0 Å². The zero-order chi connectivity index (χ0) is 18.5. The Hall–Kier alpha value is -1.05. The molecule has 0 saturated heterocycles. The van der Waals surface area contributed by atoms with E-state index in [4.69, 9.17) is 7.81 Å². The van der Waals surface area contributed by atoms with E-state index in [1.807, 2.05) is 32.0 Å². The van der Waals surface area contributed by atoms with Crippen LogP contribution in [0.2, 0.25) is 0 Å². The fourth-order valence-corrected chi connectivity index (χ4v) is 8.56. The normalized spacial score (nSPS) is 29.0. The maximum atomic E-state index is 12.8. The SMILES string of the molecule is CC1(C)C2CCC1(CS(=O)(=O)OS(C)(C)Oc1ccccc1)C(=O)C2. The van der Waals surface area contributed by atoms with Gasteiger partial charge < -0.3 is 4.18 Å². The van der Waals surface area contributed by atoms with Crippen molar-refractivity contribution in [2.45, 2.75) is 33.1 Å². The van der Waals surface area contributed by atoms with Crippen molar-refractivity contribution in [1.82, 2.24) is 0 Å². The van der Waals surface area contributed by atoms with E-state index in [1.54, 1.807) is 24.6 Å². The number of rotatable bonds is 6. The summed E-state index contributed by atoms with van der Waals surface area (Å²) in [6.07, 6.45) is 5.31. The van der Waals surface area contributed by atoms with Crippen molar-refractivity contribution in [3.63, 3.8) is 0 Å². The largest absolute Gasteiger partial charge is 0.391 e. The average Bonchev–Trinajstić information content (AvgIpc) is 2.80.